The maximum absolute atomic E-state index is 12.6. The number of phenolic OH excluding ortho intramolecular Hbond substituents is 1. The second-order valence-electron chi connectivity index (χ2n) is 6.19. The van der Waals surface area contributed by atoms with Crippen molar-refractivity contribution in [1.82, 2.24) is 0 Å². The number of ether oxygens (including phenoxy) is 1. The van der Waals surface area contributed by atoms with Gasteiger partial charge in [-0.15, -0.1) is 0 Å². The first-order valence-corrected chi connectivity index (χ1v) is 11.3. The summed E-state index contributed by atoms with van der Waals surface area (Å²) in [5, 5.41) is 9.41. The molecule has 0 aromatic heterocycles. The highest BCUT2D eigenvalue weighted by molar-refractivity contribution is 14.1. The van der Waals surface area contributed by atoms with Crippen LogP contribution in [0.15, 0.2) is 36.4 Å². The molecule has 0 amide bonds. The van der Waals surface area contributed by atoms with E-state index in [1.807, 2.05) is 24.3 Å². The molecule has 0 bridgehead atoms. The molecule has 0 saturated heterocycles. The molecule has 2 aromatic carbocycles. The summed E-state index contributed by atoms with van der Waals surface area (Å²) in [4.78, 5) is 12.6. The molecule has 0 aliphatic heterocycles. The summed E-state index contributed by atoms with van der Waals surface area (Å²) in [6.07, 6.45) is 3.76. The summed E-state index contributed by atoms with van der Waals surface area (Å²) in [5.74, 6) is 0.571. The summed E-state index contributed by atoms with van der Waals surface area (Å²) in [5.41, 5.74) is 1.94. The highest BCUT2D eigenvalue weighted by Gasteiger charge is 2.27. The number of halogens is 3. The Balaban J connectivity index is 1.62. The summed E-state index contributed by atoms with van der Waals surface area (Å²) in [6.45, 7) is 0. The van der Waals surface area contributed by atoms with Crippen molar-refractivity contribution in [1.29, 1.82) is 0 Å². The van der Waals surface area contributed by atoms with Gasteiger partial charge in [-0.3, -0.25) is 0 Å². The van der Waals surface area contributed by atoms with Crippen molar-refractivity contribution in [2.45, 2.75) is 37.7 Å². The maximum atomic E-state index is 12.6. The second kappa shape index (κ2) is 8.73. The third-order valence-electron chi connectivity index (χ3n) is 4.56. The van der Waals surface area contributed by atoms with Crippen LogP contribution in [0, 0.1) is 10.7 Å². The van der Waals surface area contributed by atoms with Gasteiger partial charge in [0, 0.05) is 10.7 Å². The normalized spacial score (nSPS) is 20.3. The lowest BCUT2D eigenvalue weighted by molar-refractivity contribution is 0.0192. The molecule has 0 spiro atoms. The number of carbonyl (C=O) groups is 1. The molecule has 1 aliphatic rings. The van der Waals surface area contributed by atoms with Crippen LogP contribution in [-0.4, -0.2) is 17.2 Å². The van der Waals surface area contributed by atoms with Crippen molar-refractivity contribution < 1.29 is 14.6 Å². The Kier molecular flexibility index (Phi) is 6.86. The van der Waals surface area contributed by atoms with Crippen molar-refractivity contribution in [3.63, 3.8) is 0 Å². The van der Waals surface area contributed by atoms with Crippen LogP contribution < -0.4 is 0 Å². The van der Waals surface area contributed by atoms with Crippen LogP contribution in [0.5, 0.6) is 5.75 Å². The average molecular weight is 674 g/mol. The van der Waals surface area contributed by atoms with Gasteiger partial charge in [-0.05, 0) is 129 Å². The fraction of sp³-hybridized carbons (Fsp3) is 0.316. The maximum Gasteiger partial charge on any atom is 0.340 e. The van der Waals surface area contributed by atoms with E-state index in [1.165, 1.54) is 5.56 Å². The minimum atomic E-state index is -0.208. The van der Waals surface area contributed by atoms with Crippen molar-refractivity contribution in [2.24, 2.45) is 0 Å². The van der Waals surface area contributed by atoms with Crippen molar-refractivity contribution in [3.8, 4) is 5.75 Å². The van der Waals surface area contributed by atoms with Crippen molar-refractivity contribution >= 4 is 73.7 Å². The van der Waals surface area contributed by atoms with E-state index in [2.05, 4.69) is 67.8 Å². The number of hydrogen-bond donors (Lipinski definition) is 1. The Morgan fingerprint density at radius 3 is 2.16 bits per heavy atom. The van der Waals surface area contributed by atoms with E-state index in [0.29, 0.717) is 17.2 Å². The Morgan fingerprint density at radius 1 is 0.920 bits per heavy atom. The number of esters is 1. The fourth-order valence-corrected chi connectivity index (χ4v) is 5.51. The van der Waals surface area contributed by atoms with Gasteiger partial charge >= 0.3 is 5.97 Å². The standard InChI is InChI=1S/C19H17I3O3/c20-15-9-10-16(21)18(22)17(15)19(24)25-14-7-3-12(4-8-14)11-1-5-13(23)6-2-11/h1-2,5-6,9-10,12,14,23H,3-4,7-8H2. The molecule has 25 heavy (non-hydrogen) atoms. The van der Waals surface area contributed by atoms with Crippen molar-refractivity contribution in [3.05, 3.63) is 58.2 Å². The SMILES string of the molecule is O=C(OC1CCC(c2ccc(O)cc2)CC1)c1c(I)ccc(I)c1I. The lowest BCUT2D eigenvalue weighted by atomic mass is 9.83. The summed E-state index contributed by atoms with van der Waals surface area (Å²) < 4.78 is 8.78. The number of phenols is 1. The van der Waals surface area contributed by atoms with E-state index in [1.54, 1.807) is 12.1 Å². The van der Waals surface area contributed by atoms with Crippen LogP contribution in [0.1, 0.15) is 47.5 Å². The largest absolute Gasteiger partial charge is 0.508 e. The average Bonchev–Trinajstić information content (AvgIpc) is 2.60. The Morgan fingerprint density at radius 2 is 1.52 bits per heavy atom. The van der Waals surface area contributed by atoms with Gasteiger partial charge in [-0.2, -0.15) is 0 Å². The van der Waals surface area contributed by atoms with Crippen LogP contribution in [0.4, 0.5) is 0 Å². The molecule has 132 valence electrons. The van der Waals surface area contributed by atoms with Gasteiger partial charge in [-0.1, -0.05) is 12.1 Å². The fourth-order valence-electron chi connectivity index (χ4n) is 3.18. The summed E-state index contributed by atoms with van der Waals surface area (Å²) in [7, 11) is 0. The monoisotopic (exact) mass is 674 g/mol. The molecular formula is C19H17I3O3. The Labute approximate surface area is 188 Å². The number of hydrogen-bond acceptors (Lipinski definition) is 3. The highest BCUT2D eigenvalue weighted by Crippen LogP contribution is 2.35. The predicted octanol–water partition coefficient (Wildman–Crippen LogP) is 6.09. The molecule has 1 N–H and O–H groups in total. The van der Waals surface area contributed by atoms with E-state index >= 15 is 0 Å². The minimum Gasteiger partial charge on any atom is -0.508 e. The third-order valence-corrected chi connectivity index (χ3v) is 8.51. The van der Waals surface area contributed by atoms with Gasteiger partial charge in [0.15, 0.2) is 0 Å². The van der Waals surface area contributed by atoms with Gasteiger partial charge < -0.3 is 9.84 Å². The van der Waals surface area contributed by atoms with Crippen molar-refractivity contribution in [2.75, 3.05) is 0 Å². The van der Waals surface area contributed by atoms with Gasteiger partial charge in [0.2, 0.25) is 0 Å². The van der Waals surface area contributed by atoms with E-state index in [0.717, 1.165) is 36.4 Å². The number of benzene rings is 2. The zero-order valence-electron chi connectivity index (χ0n) is 13.3. The predicted molar refractivity (Wildman–Crippen MR) is 123 cm³/mol. The van der Waals surface area contributed by atoms with Crippen LogP contribution in [0.3, 0.4) is 0 Å². The molecular weight excluding hydrogens is 657 g/mol. The lowest BCUT2D eigenvalue weighted by Crippen LogP contribution is -2.25. The molecule has 2 aromatic rings. The Bertz CT molecular complexity index is 766. The highest BCUT2D eigenvalue weighted by atomic mass is 127. The van der Waals surface area contributed by atoms with Crippen LogP contribution in [0.2, 0.25) is 0 Å². The molecule has 0 radical (unpaired) electrons. The first kappa shape index (κ1) is 19.7. The smallest absolute Gasteiger partial charge is 0.340 e. The first-order valence-electron chi connectivity index (χ1n) is 8.09. The number of carbonyl (C=O) groups excluding carboxylic acids is 1. The number of aromatic hydroxyl groups is 1. The second-order valence-corrected chi connectivity index (χ2v) is 9.59. The molecule has 3 nitrogen and oxygen atoms in total. The zero-order valence-corrected chi connectivity index (χ0v) is 19.8. The van der Waals surface area contributed by atoms with E-state index in [4.69, 9.17) is 4.74 Å². The van der Waals surface area contributed by atoms with E-state index < -0.39 is 0 Å². The minimum absolute atomic E-state index is 0.00895. The summed E-state index contributed by atoms with van der Waals surface area (Å²) >= 11 is 6.66. The quantitative estimate of drug-likeness (QED) is 0.244. The molecule has 1 saturated carbocycles. The molecule has 1 aliphatic carbocycles. The van der Waals surface area contributed by atoms with Gasteiger partial charge in [-0.25, -0.2) is 4.79 Å². The molecule has 3 rings (SSSR count). The van der Waals surface area contributed by atoms with Crippen LogP contribution >= 0.6 is 67.8 Å². The Hall–Kier alpha value is -0.1000. The zero-order chi connectivity index (χ0) is 18.0. The van der Waals surface area contributed by atoms with Gasteiger partial charge in [0.25, 0.3) is 0 Å². The van der Waals surface area contributed by atoms with Gasteiger partial charge in [0.05, 0.1) is 5.56 Å². The topological polar surface area (TPSA) is 46.5 Å². The van der Waals surface area contributed by atoms with Crippen LogP contribution in [0.25, 0.3) is 0 Å². The van der Waals surface area contributed by atoms with E-state index in [-0.39, 0.29) is 12.1 Å². The van der Waals surface area contributed by atoms with Crippen LogP contribution in [-0.2, 0) is 4.74 Å². The first-order chi connectivity index (χ1) is 12.0. The number of rotatable bonds is 3. The molecule has 1 fully saturated rings. The molecule has 0 heterocycles. The van der Waals surface area contributed by atoms with Gasteiger partial charge in [0.1, 0.15) is 11.9 Å². The lowest BCUT2D eigenvalue weighted by Gasteiger charge is -2.29. The molecule has 0 unspecified atom stereocenters. The molecule has 0 atom stereocenters. The summed E-state index contributed by atoms with van der Waals surface area (Å²) in [6, 6.07) is 11.4. The van der Waals surface area contributed by atoms with E-state index in [9.17, 15) is 9.90 Å². The third kappa shape index (κ3) is 4.79. The molecule has 6 heteroatoms.